The van der Waals surface area contributed by atoms with Gasteiger partial charge in [-0.15, -0.1) is 0 Å². The van der Waals surface area contributed by atoms with E-state index in [9.17, 15) is 9.59 Å². The predicted octanol–water partition coefficient (Wildman–Crippen LogP) is 4.50. The fourth-order valence-electron chi connectivity index (χ4n) is 2.30. The zero-order valence-electron chi connectivity index (χ0n) is 14.0. The number of esters is 1. The summed E-state index contributed by atoms with van der Waals surface area (Å²) in [5.41, 5.74) is 1.64. The molecule has 8 heteroatoms. The normalized spacial score (nSPS) is 10.6. The van der Waals surface area contributed by atoms with Crippen molar-refractivity contribution in [3.63, 3.8) is 0 Å². The molecule has 0 radical (unpaired) electrons. The second kappa shape index (κ2) is 7.84. The van der Waals surface area contributed by atoms with Gasteiger partial charge in [0.2, 0.25) is 0 Å². The number of fused-ring (bicyclic) bond motifs is 1. The molecule has 0 fully saturated rings. The first-order valence-electron chi connectivity index (χ1n) is 7.74. The molecule has 0 aliphatic carbocycles. The molecular formula is C18H15BrN2O4S. The highest BCUT2D eigenvalue weighted by atomic mass is 79.9. The Hall–Kier alpha value is -2.45. The standard InChI is InChI=1S/C18H15BrN2O4S/c1-3-25-17(23)11-4-6-13-15(9-11)26-18(20-13)21-16(22)10-5-7-14(24-2)12(19)8-10/h4-9H,3H2,1-2H3,(H,20,21,22). The van der Waals surface area contributed by atoms with E-state index in [0.29, 0.717) is 38.6 Å². The maximum atomic E-state index is 12.4. The zero-order chi connectivity index (χ0) is 18.7. The molecule has 1 heterocycles. The Labute approximate surface area is 162 Å². The maximum absolute atomic E-state index is 12.4. The van der Waals surface area contributed by atoms with Crippen molar-refractivity contribution in [1.29, 1.82) is 0 Å². The summed E-state index contributed by atoms with van der Waals surface area (Å²) in [5.74, 6) is -0.0116. The van der Waals surface area contributed by atoms with Gasteiger partial charge in [-0.25, -0.2) is 9.78 Å². The smallest absolute Gasteiger partial charge is 0.338 e. The molecule has 0 saturated heterocycles. The van der Waals surface area contributed by atoms with Crippen LogP contribution in [0.1, 0.15) is 27.6 Å². The molecule has 3 rings (SSSR count). The van der Waals surface area contributed by atoms with Gasteiger partial charge in [0.25, 0.3) is 5.91 Å². The second-order valence-corrected chi connectivity index (χ2v) is 7.11. The molecule has 3 aromatic rings. The minimum Gasteiger partial charge on any atom is -0.496 e. The SMILES string of the molecule is CCOC(=O)c1ccc2nc(NC(=O)c3ccc(OC)c(Br)c3)sc2c1. The van der Waals surface area contributed by atoms with Crippen LogP contribution >= 0.6 is 27.3 Å². The number of aromatic nitrogens is 1. The van der Waals surface area contributed by atoms with Gasteiger partial charge < -0.3 is 9.47 Å². The fourth-order valence-corrected chi connectivity index (χ4v) is 3.74. The molecule has 0 aliphatic rings. The number of benzene rings is 2. The number of nitrogens with one attached hydrogen (secondary N) is 1. The summed E-state index contributed by atoms with van der Waals surface area (Å²) in [7, 11) is 1.56. The van der Waals surface area contributed by atoms with Crippen LogP contribution in [-0.2, 0) is 4.74 Å². The van der Waals surface area contributed by atoms with Crippen molar-refractivity contribution in [2.75, 3.05) is 19.0 Å². The van der Waals surface area contributed by atoms with E-state index in [2.05, 4.69) is 26.2 Å². The van der Waals surface area contributed by atoms with Crippen LogP contribution in [0.4, 0.5) is 5.13 Å². The summed E-state index contributed by atoms with van der Waals surface area (Å²) in [6, 6.07) is 10.2. The lowest BCUT2D eigenvalue weighted by Crippen LogP contribution is -2.11. The highest BCUT2D eigenvalue weighted by Crippen LogP contribution is 2.29. The Bertz CT molecular complexity index is 986. The molecule has 0 aliphatic heterocycles. The van der Waals surface area contributed by atoms with Crippen LogP contribution in [0.3, 0.4) is 0 Å². The van der Waals surface area contributed by atoms with E-state index < -0.39 is 0 Å². The van der Waals surface area contributed by atoms with Gasteiger partial charge in [0.05, 0.1) is 34.0 Å². The summed E-state index contributed by atoms with van der Waals surface area (Å²) in [5, 5.41) is 3.23. The number of methoxy groups -OCH3 is 1. The number of thiazole rings is 1. The molecule has 6 nitrogen and oxygen atoms in total. The number of carbonyl (C=O) groups is 2. The molecule has 134 valence electrons. The van der Waals surface area contributed by atoms with E-state index in [1.165, 1.54) is 11.3 Å². The van der Waals surface area contributed by atoms with Crippen molar-refractivity contribution in [2.24, 2.45) is 0 Å². The van der Waals surface area contributed by atoms with Crippen molar-refractivity contribution in [3.8, 4) is 5.75 Å². The Morgan fingerprint density at radius 1 is 1.19 bits per heavy atom. The minimum atomic E-state index is -0.378. The molecule has 0 unspecified atom stereocenters. The topological polar surface area (TPSA) is 77.5 Å². The summed E-state index contributed by atoms with van der Waals surface area (Å²) in [4.78, 5) is 28.6. The number of rotatable bonds is 5. The van der Waals surface area contributed by atoms with Crippen molar-refractivity contribution in [3.05, 3.63) is 52.0 Å². The highest BCUT2D eigenvalue weighted by molar-refractivity contribution is 9.10. The van der Waals surface area contributed by atoms with Gasteiger partial charge >= 0.3 is 5.97 Å². The van der Waals surface area contributed by atoms with Crippen molar-refractivity contribution < 1.29 is 19.1 Å². The molecule has 0 saturated carbocycles. The molecule has 1 N–H and O–H groups in total. The van der Waals surface area contributed by atoms with E-state index >= 15 is 0 Å². The molecule has 0 spiro atoms. The number of halogens is 1. The number of anilines is 1. The number of hydrogen-bond donors (Lipinski definition) is 1. The van der Waals surface area contributed by atoms with Crippen LogP contribution in [0.25, 0.3) is 10.2 Å². The predicted molar refractivity (Wildman–Crippen MR) is 104 cm³/mol. The van der Waals surface area contributed by atoms with Gasteiger partial charge in [-0.2, -0.15) is 0 Å². The lowest BCUT2D eigenvalue weighted by Gasteiger charge is -2.05. The van der Waals surface area contributed by atoms with E-state index in [1.54, 1.807) is 50.4 Å². The number of nitrogens with zero attached hydrogens (tertiary/aromatic N) is 1. The first kappa shape index (κ1) is 18.3. The second-order valence-electron chi connectivity index (χ2n) is 5.23. The first-order valence-corrected chi connectivity index (χ1v) is 9.35. The van der Waals surface area contributed by atoms with Crippen LogP contribution in [0.2, 0.25) is 0 Å². The van der Waals surface area contributed by atoms with Crippen LogP contribution in [0.15, 0.2) is 40.9 Å². The third-order valence-corrected chi connectivity index (χ3v) is 5.09. The van der Waals surface area contributed by atoms with Gasteiger partial charge in [0, 0.05) is 5.56 Å². The van der Waals surface area contributed by atoms with Crippen molar-refractivity contribution in [1.82, 2.24) is 4.98 Å². The van der Waals surface area contributed by atoms with Crippen LogP contribution in [-0.4, -0.2) is 30.6 Å². The van der Waals surface area contributed by atoms with Crippen molar-refractivity contribution >= 4 is 54.5 Å². The number of amides is 1. The van der Waals surface area contributed by atoms with Gasteiger partial charge in [0.1, 0.15) is 5.75 Å². The highest BCUT2D eigenvalue weighted by Gasteiger charge is 2.14. The molecule has 0 bridgehead atoms. The molecular weight excluding hydrogens is 420 g/mol. The number of hydrogen-bond acceptors (Lipinski definition) is 6. The number of carbonyl (C=O) groups excluding carboxylic acids is 2. The van der Waals surface area contributed by atoms with E-state index in [0.717, 1.165) is 4.70 Å². The fraction of sp³-hybridized carbons (Fsp3) is 0.167. The van der Waals surface area contributed by atoms with Crippen LogP contribution in [0.5, 0.6) is 5.75 Å². The molecule has 1 aromatic heterocycles. The average molecular weight is 435 g/mol. The average Bonchev–Trinajstić information content (AvgIpc) is 3.03. The van der Waals surface area contributed by atoms with Crippen LogP contribution < -0.4 is 10.1 Å². The van der Waals surface area contributed by atoms with Gasteiger partial charge in [-0.1, -0.05) is 11.3 Å². The molecule has 26 heavy (non-hydrogen) atoms. The lowest BCUT2D eigenvalue weighted by molar-refractivity contribution is 0.0526. The van der Waals surface area contributed by atoms with Gasteiger partial charge in [-0.3, -0.25) is 10.1 Å². The van der Waals surface area contributed by atoms with E-state index in [4.69, 9.17) is 9.47 Å². The summed E-state index contributed by atoms with van der Waals surface area (Å²) in [6.07, 6.45) is 0. The lowest BCUT2D eigenvalue weighted by atomic mass is 10.2. The third-order valence-electron chi connectivity index (χ3n) is 3.53. The Morgan fingerprint density at radius 2 is 1.96 bits per heavy atom. The van der Waals surface area contributed by atoms with Gasteiger partial charge in [0.15, 0.2) is 5.13 Å². The largest absolute Gasteiger partial charge is 0.496 e. The first-order chi connectivity index (χ1) is 12.5. The van der Waals surface area contributed by atoms with Crippen LogP contribution in [0, 0.1) is 0 Å². The summed E-state index contributed by atoms with van der Waals surface area (Å²) < 4.78 is 11.6. The number of ether oxygens (including phenoxy) is 2. The minimum absolute atomic E-state index is 0.280. The molecule has 0 atom stereocenters. The Kier molecular flexibility index (Phi) is 5.53. The van der Waals surface area contributed by atoms with Crippen molar-refractivity contribution in [2.45, 2.75) is 6.92 Å². The molecule has 1 amide bonds. The quantitative estimate of drug-likeness (QED) is 0.598. The Balaban J connectivity index is 1.81. The van der Waals surface area contributed by atoms with Gasteiger partial charge in [-0.05, 0) is 59.3 Å². The summed E-state index contributed by atoms with van der Waals surface area (Å²) in [6.45, 7) is 2.08. The third kappa shape index (κ3) is 3.86. The maximum Gasteiger partial charge on any atom is 0.338 e. The van der Waals surface area contributed by atoms with E-state index in [-0.39, 0.29) is 11.9 Å². The Morgan fingerprint density at radius 3 is 2.65 bits per heavy atom. The zero-order valence-corrected chi connectivity index (χ0v) is 16.4. The monoisotopic (exact) mass is 434 g/mol. The molecule has 2 aromatic carbocycles. The summed E-state index contributed by atoms with van der Waals surface area (Å²) >= 11 is 4.66. The van der Waals surface area contributed by atoms with E-state index in [1.807, 2.05) is 0 Å².